The third-order valence-corrected chi connectivity index (χ3v) is 1.71. The Hall–Kier alpha value is -1.29. The van der Waals surface area contributed by atoms with Crippen molar-refractivity contribution in [2.24, 2.45) is 0 Å². The van der Waals surface area contributed by atoms with Gasteiger partial charge in [-0.25, -0.2) is 9.89 Å². The Bertz CT molecular complexity index is 444. The van der Waals surface area contributed by atoms with Crippen LogP contribution >= 0.6 is 11.6 Å². The lowest BCUT2D eigenvalue weighted by Crippen LogP contribution is -2.16. The molecule has 0 aliphatic carbocycles. The van der Waals surface area contributed by atoms with Crippen LogP contribution in [0.15, 0.2) is 23.1 Å². The molecule has 0 spiro atoms. The standard InChI is InChI=1S/C6H4ClN3O/c7-5-4-2-1-3-10(4)6(11)9-8-5/h1-3H,(H,9,11). The number of nitrogens with zero attached hydrogens (tertiary/aromatic N) is 2. The number of aromatic amines is 1. The molecule has 2 rings (SSSR count). The average Bonchev–Trinajstić information content (AvgIpc) is 2.45. The molecular formula is C6H4ClN3O. The molecule has 0 bridgehead atoms. The van der Waals surface area contributed by atoms with Gasteiger partial charge in [-0.05, 0) is 12.1 Å². The highest BCUT2D eigenvalue weighted by Crippen LogP contribution is 2.10. The molecular weight excluding hydrogens is 166 g/mol. The van der Waals surface area contributed by atoms with Gasteiger partial charge in [0, 0.05) is 6.20 Å². The predicted molar refractivity (Wildman–Crippen MR) is 40.8 cm³/mol. The van der Waals surface area contributed by atoms with Crippen molar-refractivity contribution in [3.8, 4) is 0 Å². The van der Waals surface area contributed by atoms with E-state index in [-0.39, 0.29) is 5.69 Å². The van der Waals surface area contributed by atoms with E-state index in [1.807, 2.05) is 0 Å². The minimum atomic E-state index is -0.283. The third-order valence-electron chi connectivity index (χ3n) is 1.43. The van der Waals surface area contributed by atoms with Crippen LogP contribution in [0, 0.1) is 0 Å². The highest BCUT2D eigenvalue weighted by atomic mass is 35.5. The lowest BCUT2D eigenvalue weighted by atomic mass is 10.5. The summed E-state index contributed by atoms with van der Waals surface area (Å²) in [5, 5.41) is 6.14. The van der Waals surface area contributed by atoms with Crippen LogP contribution in [0.5, 0.6) is 0 Å². The molecule has 5 heteroatoms. The Kier molecular flexibility index (Phi) is 1.22. The van der Waals surface area contributed by atoms with Crippen molar-refractivity contribution < 1.29 is 0 Å². The quantitative estimate of drug-likeness (QED) is 0.631. The van der Waals surface area contributed by atoms with Crippen molar-refractivity contribution in [2.45, 2.75) is 0 Å². The van der Waals surface area contributed by atoms with Crippen molar-refractivity contribution >= 4 is 17.1 Å². The van der Waals surface area contributed by atoms with Gasteiger partial charge in [0.1, 0.15) is 0 Å². The first kappa shape index (κ1) is 6.42. The molecule has 1 N–H and O–H groups in total. The van der Waals surface area contributed by atoms with Gasteiger partial charge in [-0.2, -0.15) is 5.10 Å². The molecule has 0 amide bonds. The van der Waals surface area contributed by atoms with Gasteiger partial charge in [-0.1, -0.05) is 11.6 Å². The maximum atomic E-state index is 11.0. The Morgan fingerprint density at radius 2 is 2.45 bits per heavy atom. The molecule has 0 saturated carbocycles. The molecule has 0 atom stereocenters. The Morgan fingerprint density at radius 3 is 3.18 bits per heavy atom. The summed E-state index contributed by atoms with van der Waals surface area (Å²) in [5.41, 5.74) is 0.338. The number of H-pyrrole nitrogens is 1. The van der Waals surface area contributed by atoms with Crippen LogP contribution in [0.2, 0.25) is 5.15 Å². The maximum absolute atomic E-state index is 11.0. The molecule has 11 heavy (non-hydrogen) atoms. The molecule has 0 aliphatic rings. The fraction of sp³-hybridized carbons (Fsp3) is 0. The van der Waals surface area contributed by atoms with Crippen LogP contribution in [0.3, 0.4) is 0 Å². The highest BCUT2D eigenvalue weighted by molar-refractivity contribution is 6.32. The number of aromatic nitrogens is 3. The second-order valence-electron chi connectivity index (χ2n) is 2.08. The predicted octanol–water partition coefficient (Wildman–Crippen LogP) is 0.676. The molecule has 56 valence electrons. The molecule has 4 nitrogen and oxygen atoms in total. The zero-order valence-corrected chi connectivity index (χ0v) is 6.17. The summed E-state index contributed by atoms with van der Waals surface area (Å²) in [6.07, 6.45) is 1.63. The third kappa shape index (κ3) is 0.832. The van der Waals surface area contributed by atoms with Crippen LogP contribution in [-0.4, -0.2) is 14.6 Å². The first-order valence-corrected chi connectivity index (χ1v) is 3.38. The maximum Gasteiger partial charge on any atom is 0.346 e. The van der Waals surface area contributed by atoms with Crippen molar-refractivity contribution in [3.63, 3.8) is 0 Å². The zero-order valence-electron chi connectivity index (χ0n) is 5.41. The summed E-state index contributed by atoms with van der Waals surface area (Å²) in [5.74, 6) is 0. The van der Waals surface area contributed by atoms with Gasteiger partial charge in [0.2, 0.25) is 0 Å². The van der Waals surface area contributed by atoms with Gasteiger partial charge in [0.05, 0.1) is 5.52 Å². The largest absolute Gasteiger partial charge is 0.346 e. The smallest absolute Gasteiger partial charge is 0.265 e. The molecule has 2 aromatic heterocycles. The van der Waals surface area contributed by atoms with Crippen LogP contribution < -0.4 is 5.69 Å². The average molecular weight is 170 g/mol. The first-order chi connectivity index (χ1) is 5.29. The molecule has 0 aromatic carbocycles. The van der Waals surface area contributed by atoms with E-state index in [9.17, 15) is 4.79 Å². The minimum absolute atomic E-state index is 0.283. The van der Waals surface area contributed by atoms with Crippen molar-refractivity contribution in [2.75, 3.05) is 0 Å². The van der Waals surface area contributed by atoms with Gasteiger partial charge in [0.25, 0.3) is 0 Å². The monoisotopic (exact) mass is 169 g/mol. The van der Waals surface area contributed by atoms with Crippen LogP contribution in [0.1, 0.15) is 0 Å². The molecule has 0 fully saturated rings. The summed E-state index contributed by atoms with van der Waals surface area (Å²) in [6.45, 7) is 0. The van der Waals surface area contributed by atoms with E-state index >= 15 is 0 Å². The molecule has 0 radical (unpaired) electrons. The van der Waals surface area contributed by atoms with E-state index in [1.165, 1.54) is 4.40 Å². The fourth-order valence-electron chi connectivity index (χ4n) is 0.934. The minimum Gasteiger partial charge on any atom is -0.265 e. The second kappa shape index (κ2) is 2.10. The van der Waals surface area contributed by atoms with Crippen molar-refractivity contribution in [1.82, 2.24) is 14.6 Å². The summed E-state index contributed by atoms with van der Waals surface area (Å²) in [4.78, 5) is 11.0. The summed E-state index contributed by atoms with van der Waals surface area (Å²) in [6, 6.07) is 3.46. The number of halogens is 1. The summed E-state index contributed by atoms with van der Waals surface area (Å²) < 4.78 is 1.40. The van der Waals surface area contributed by atoms with Crippen LogP contribution in [0.4, 0.5) is 0 Å². The molecule has 2 aromatic rings. The van der Waals surface area contributed by atoms with Crippen LogP contribution in [0.25, 0.3) is 5.52 Å². The van der Waals surface area contributed by atoms with E-state index < -0.39 is 0 Å². The fourth-order valence-corrected chi connectivity index (χ4v) is 1.13. The number of hydrogen-bond acceptors (Lipinski definition) is 2. The lowest BCUT2D eigenvalue weighted by Gasteiger charge is -1.92. The molecule has 0 saturated heterocycles. The number of hydrogen-bond donors (Lipinski definition) is 1. The molecule has 0 unspecified atom stereocenters. The van der Waals surface area contributed by atoms with E-state index in [2.05, 4.69) is 10.2 Å². The van der Waals surface area contributed by atoms with Gasteiger partial charge in [-0.3, -0.25) is 4.40 Å². The van der Waals surface area contributed by atoms with Crippen LogP contribution in [-0.2, 0) is 0 Å². The summed E-state index contributed by atoms with van der Waals surface area (Å²) in [7, 11) is 0. The number of fused-ring (bicyclic) bond motifs is 1. The van der Waals surface area contributed by atoms with Crippen molar-refractivity contribution in [3.05, 3.63) is 34.0 Å². The number of rotatable bonds is 0. The second-order valence-corrected chi connectivity index (χ2v) is 2.44. The van der Waals surface area contributed by atoms with E-state index in [4.69, 9.17) is 11.6 Å². The summed E-state index contributed by atoms with van der Waals surface area (Å²) >= 11 is 5.67. The topological polar surface area (TPSA) is 50.2 Å². The van der Waals surface area contributed by atoms with E-state index in [1.54, 1.807) is 18.3 Å². The SMILES string of the molecule is O=c1[nH]nc(Cl)c2cccn12. The Morgan fingerprint density at radius 1 is 1.64 bits per heavy atom. The lowest BCUT2D eigenvalue weighted by molar-refractivity contribution is 0.890. The van der Waals surface area contributed by atoms with Crippen molar-refractivity contribution in [1.29, 1.82) is 0 Å². The van der Waals surface area contributed by atoms with E-state index in [0.29, 0.717) is 10.7 Å². The van der Waals surface area contributed by atoms with Gasteiger partial charge >= 0.3 is 5.69 Å². The van der Waals surface area contributed by atoms with E-state index in [0.717, 1.165) is 0 Å². The Balaban J connectivity index is 3.08. The highest BCUT2D eigenvalue weighted by Gasteiger charge is 2.00. The van der Waals surface area contributed by atoms with Gasteiger partial charge in [-0.15, -0.1) is 0 Å². The first-order valence-electron chi connectivity index (χ1n) is 3.00. The Labute approximate surface area is 66.4 Å². The normalized spacial score (nSPS) is 10.6. The zero-order chi connectivity index (χ0) is 7.84. The van der Waals surface area contributed by atoms with Gasteiger partial charge in [0.15, 0.2) is 5.15 Å². The molecule has 2 heterocycles. The molecule has 0 aliphatic heterocycles. The van der Waals surface area contributed by atoms with Gasteiger partial charge < -0.3 is 0 Å². The number of nitrogens with one attached hydrogen (secondary N) is 1.